The van der Waals surface area contributed by atoms with E-state index >= 15 is 0 Å². The molecule has 0 aromatic heterocycles. The van der Waals surface area contributed by atoms with Gasteiger partial charge in [0.1, 0.15) is 0 Å². The molecule has 0 saturated carbocycles. The van der Waals surface area contributed by atoms with Gasteiger partial charge < -0.3 is 14.2 Å². The van der Waals surface area contributed by atoms with Gasteiger partial charge in [-0.1, -0.05) is 0 Å². The summed E-state index contributed by atoms with van der Waals surface area (Å²) in [7, 11) is -4.61. The number of carbonyl (C=O) groups is 3. The lowest BCUT2D eigenvalue weighted by atomic mass is 11.6. The first-order valence-electron chi connectivity index (χ1n) is 2.14. The molecule has 0 atom stereocenters. The highest BCUT2D eigenvalue weighted by Crippen LogP contribution is 2.46. The first-order valence-corrected chi connectivity index (χ1v) is 3.68. The van der Waals surface area contributed by atoms with E-state index in [0.717, 1.165) is 0 Å². The molecule has 0 aliphatic heterocycles. The quantitative estimate of drug-likeness (QED) is 0.477. The Labute approximate surface area is 60.4 Å². The summed E-state index contributed by atoms with van der Waals surface area (Å²) in [5, 5.41) is 8.06. The highest BCUT2D eigenvalue weighted by Gasteiger charge is 2.37. The monoisotopic (exact) mass is 182 g/mol. The van der Waals surface area contributed by atoms with Crippen molar-refractivity contribution in [2.45, 2.75) is 0 Å². The molecule has 0 aliphatic rings. The summed E-state index contributed by atoms with van der Waals surface area (Å²) in [4.78, 5) is 29.1. The van der Waals surface area contributed by atoms with E-state index < -0.39 is 13.3 Å². The average molecular weight is 182 g/mol. The van der Waals surface area contributed by atoms with Crippen LogP contribution in [-0.4, -0.2) is 23.8 Å². The maximum atomic E-state index is 10.6. The first-order chi connectivity index (χ1) is 5.06. The molecule has 0 fully saturated rings. The minimum atomic E-state index is -4.61. The minimum absolute atomic E-state index is 0.377. The van der Waals surface area contributed by atoms with Crippen LogP contribution in [0.2, 0.25) is 0 Å². The van der Waals surface area contributed by atoms with Gasteiger partial charge >= 0.3 is 26.3 Å². The predicted octanol–water partition coefficient (Wildman–Crippen LogP) is 0.203. The van der Waals surface area contributed by atoms with Crippen LogP contribution in [0.1, 0.15) is 0 Å². The second-order valence-corrected chi connectivity index (χ2v) is 2.98. The molecule has 0 rings (SSSR count). The van der Waals surface area contributed by atoms with Crippen molar-refractivity contribution in [1.29, 1.82) is 0 Å². The van der Waals surface area contributed by atoms with Crippen LogP contribution in [0, 0.1) is 0 Å². The van der Waals surface area contributed by atoms with E-state index in [2.05, 4.69) is 9.05 Å². The molecule has 0 saturated heterocycles. The molecule has 0 unspecified atom stereocenters. The van der Waals surface area contributed by atoms with Gasteiger partial charge in [-0.25, -0.2) is 9.36 Å². The molecule has 0 bridgehead atoms. The number of hydrogen-bond acceptors (Lipinski definition) is 6. The fourth-order valence-electron chi connectivity index (χ4n) is 0.228. The molecule has 11 heavy (non-hydrogen) atoms. The van der Waals surface area contributed by atoms with Gasteiger partial charge in [0, 0.05) is 0 Å². The average Bonchev–Trinajstić information content (AvgIpc) is 1.88. The Kier molecular flexibility index (Phi) is 3.26. The highest BCUT2D eigenvalue weighted by atomic mass is 31.2. The molecule has 0 amide bonds. The minimum Gasteiger partial charge on any atom is -0.471 e. The van der Waals surface area contributed by atoms with Crippen LogP contribution in [0.15, 0.2) is 0 Å². The summed E-state index contributed by atoms with van der Waals surface area (Å²) in [5.41, 5.74) is -2.00. The zero-order chi connectivity index (χ0) is 8.91. The van der Waals surface area contributed by atoms with Gasteiger partial charge in [-0.15, -0.1) is 0 Å². The topological polar surface area (TPSA) is 107 Å². The third-order valence-electron chi connectivity index (χ3n) is 0.598. The van der Waals surface area contributed by atoms with Crippen LogP contribution in [-0.2, 0) is 23.2 Å². The molecule has 0 radical (unpaired) electrons. The largest absolute Gasteiger partial charge is 0.544 e. The van der Waals surface area contributed by atoms with E-state index in [1.807, 2.05) is 0 Å². The fraction of sp³-hybridized carbons (Fsp3) is 0. The van der Waals surface area contributed by atoms with Crippen molar-refractivity contribution in [1.82, 2.24) is 0 Å². The Morgan fingerprint density at radius 1 is 1.27 bits per heavy atom. The van der Waals surface area contributed by atoms with Crippen LogP contribution in [0.3, 0.4) is 0 Å². The van der Waals surface area contributed by atoms with Crippen molar-refractivity contribution in [3.8, 4) is 0 Å². The first kappa shape index (κ1) is 9.64. The van der Waals surface area contributed by atoms with Gasteiger partial charge in [-0.05, 0) is 0 Å². The van der Waals surface area contributed by atoms with Crippen molar-refractivity contribution in [3.05, 3.63) is 0 Å². The van der Waals surface area contributed by atoms with E-state index in [1.165, 1.54) is 0 Å². The van der Waals surface area contributed by atoms with E-state index in [9.17, 15) is 18.9 Å². The molecule has 1 N–H and O–H groups in total. The lowest BCUT2D eigenvalue weighted by Gasteiger charge is -2.05. The lowest BCUT2D eigenvalue weighted by Crippen LogP contribution is -2.02. The van der Waals surface area contributed by atoms with Crippen molar-refractivity contribution < 1.29 is 33.1 Å². The molecule has 0 aromatic rings. The molecule has 0 aromatic carbocycles. The molecule has 8 heteroatoms. The van der Waals surface area contributed by atoms with Crippen LogP contribution >= 0.6 is 7.60 Å². The summed E-state index contributed by atoms with van der Waals surface area (Å²) in [6.45, 7) is -0.753. The lowest BCUT2D eigenvalue weighted by molar-refractivity contribution is -0.124. The second-order valence-electron chi connectivity index (χ2n) is 1.18. The number of rotatable bonds is 5. The van der Waals surface area contributed by atoms with Crippen molar-refractivity contribution in [2.24, 2.45) is 0 Å². The van der Waals surface area contributed by atoms with Gasteiger partial charge in [0.05, 0.1) is 0 Å². The van der Waals surface area contributed by atoms with Gasteiger partial charge in [0.25, 0.3) is 0 Å². The van der Waals surface area contributed by atoms with Gasteiger partial charge in [0.15, 0.2) is 0 Å². The fourth-order valence-corrected chi connectivity index (χ4v) is 0.685. The predicted molar refractivity (Wildman–Crippen MR) is 29.9 cm³/mol. The normalized spacial score (nSPS) is 9.82. The highest BCUT2D eigenvalue weighted by molar-refractivity contribution is 7.71. The molecule has 0 heterocycles. The Bertz CT molecular complexity index is 206. The molecule has 7 nitrogen and oxygen atoms in total. The zero-order valence-corrected chi connectivity index (χ0v) is 5.89. The van der Waals surface area contributed by atoms with Gasteiger partial charge in [0.2, 0.25) is 0 Å². The Balaban J connectivity index is 4.51. The smallest absolute Gasteiger partial charge is 0.471 e. The van der Waals surface area contributed by atoms with Crippen molar-refractivity contribution in [2.75, 3.05) is 0 Å². The summed E-state index contributed by atoms with van der Waals surface area (Å²) < 4.78 is 17.7. The van der Waals surface area contributed by atoms with Crippen LogP contribution < -0.4 is 0 Å². The van der Waals surface area contributed by atoms with Crippen molar-refractivity contribution in [3.63, 3.8) is 0 Å². The maximum Gasteiger partial charge on any atom is 0.544 e. The van der Waals surface area contributed by atoms with E-state index in [0.29, 0.717) is 0 Å². The third-order valence-corrected chi connectivity index (χ3v) is 1.79. The molecule has 62 valence electrons. The molecular weight excluding hydrogens is 179 g/mol. The van der Waals surface area contributed by atoms with E-state index in [-0.39, 0.29) is 12.9 Å². The molecule has 0 spiro atoms. The Morgan fingerprint density at radius 2 is 1.64 bits per heavy atom. The van der Waals surface area contributed by atoms with E-state index in [4.69, 9.17) is 5.11 Å². The van der Waals surface area contributed by atoms with Gasteiger partial charge in [-0.3, -0.25) is 9.59 Å². The SMILES string of the molecule is O=COP(=O)(OC=O)C(=O)O. The van der Waals surface area contributed by atoms with Crippen molar-refractivity contribution >= 4 is 26.3 Å². The van der Waals surface area contributed by atoms with E-state index in [1.54, 1.807) is 0 Å². The summed E-state index contributed by atoms with van der Waals surface area (Å²) in [5.74, 6) is 0. The van der Waals surface area contributed by atoms with Crippen LogP contribution in [0.4, 0.5) is 4.79 Å². The summed E-state index contributed by atoms with van der Waals surface area (Å²) in [6.07, 6.45) is 0. The molecular formula is C3H3O7P. The molecule has 0 aliphatic carbocycles. The Morgan fingerprint density at radius 3 is 1.82 bits per heavy atom. The third kappa shape index (κ3) is 2.38. The number of carboxylic acid groups (broad SMARTS) is 1. The zero-order valence-electron chi connectivity index (χ0n) is 5.00. The Hall–Kier alpha value is -1.36. The van der Waals surface area contributed by atoms with Crippen LogP contribution in [0.25, 0.3) is 0 Å². The van der Waals surface area contributed by atoms with Gasteiger partial charge in [-0.2, -0.15) is 0 Å². The number of carbonyl (C=O) groups excluding carboxylic acids is 2. The summed E-state index contributed by atoms with van der Waals surface area (Å²) >= 11 is 0. The summed E-state index contributed by atoms with van der Waals surface area (Å²) in [6, 6.07) is 0. The number of hydrogen-bond donors (Lipinski definition) is 1. The maximum absolute atomic E-state index is 10.6. The standard InChI is InChI=1S/C3H3O7P/c4-1-9-11(8,3(6)7)10-2-5/h1-2H,(H,6,7). The second kappa shape index (κ2) is 3.72. The van der Waals surface area contributed by atoms with Crippen LogP contribution in [0.5, 0.6) is 0 Å².